The summed E-state index contributed by atoms with van der Waals surface area (Å²) in [6.45, 7) is 0.386. The number of nitrogens with zero attached hydrogens (tertiary/aromatic N) is 1. The van der Waals surface area contributed by atoms with Gasteiger partial charge in [0.2, 0.25) is 5.88 Å². The molecule has 3 aromatic rings. The zero-order valence-corrected chi connectivity index (χ0v) is 11.5. The quantitative estimate of drug-likeness (QED) is 0.786. The Morgan fingerprint density at radius 3 is 2.80 bits per heavy atom. The molecular weight excluding hydrogens is 272 g/mol. The van der Waals surface area contributed by atoms with E-state index in [2.05, 4.69) is 4.98 Å². The molecule has 0 aliphatic heterocycles. The first kappa shape index (κ1) is 12.9. The summed E-state index contributed by atoms with van der Waals surface area (Å²) >= 11 is 6.02. The highest BCUT2D eigenvalue weighted by Gasteiger charge is 2.08. The Morgan fingerprint density at radius 1 is 1.10 bits per heavy atom. The molecule has 1 aromatic heterocycles. The molecule has 0 bridgehead atoms. The number of ether oxygens (including phenoxy) is 1. The molecule has 3 nitrogen and oxygen atoms in total. The molecular formula is C16H13ClN2O. The Balaban J connectivity index is 2.07. The average molecular weight is 285 g/mol. The first-order valence-corrected chi connectivity index (χ1v) is 6.66. The summed E-state index contributed by atoms with van der Waals surface area (Å²) in [6.07, 6.45) is 1.73. The molecule has 0 amide bonds. The van der Waals surface area contributed by atoms with Crippen LogP contribution < -0.4 is 10.5 Å². The second-order valence-corrected chi connectivity index (χ2v) is 4.83. The van der Waals surface area contributed by atoms with Gasteiger partial charge in [-0.3, -0.25) is 0 Å². The van der Waals surface area contributed by atoms with Crippen molar-refractivity contribution >= 4 is 22.4 Å². The number of hydrogen-bond donors (Lipinski definition) is 1. The number of fused-ring (bicyclic) bond motifs is 1. The Kier molecular flexibility index (Phi) is 3.54. The SMILES string of the molecule is NCc1ccc(Cl)cc1Oc1nccc2ccccc12. The van der Waals surface area contributed by atoms with Crippen molar-refractivity contribution in [2.75, 3.05) is 0 Å². The third kappa shape index (κ3) is 2.46. The van der Waals surface area contributed by atoms with Crippen molar-refractivity contribution in [1.29, 1.82) is 0 Å². The van der Waals surface area contributed by atoms with Gasteiger partial charge in [0.15, 0.2) is 0 Å². The van der Waals surface area contributed by atoms with Gasteiger partial charge in [0.25, 0.3) is 0 Å². The number of hydrogen-bond acceptors (Lipinski definition) is 3. The van der Waals surface area contributed by atoms with E-state index in [0.29, 0.717) is 23.2 Å². The van der Waals surface area contributed by atoms with Crippen LogP contribution in [0.15, 0.2) is 54.7 Å². The Bertz CT molecular complexity index is 753. The minimum atomic E-state index is 0.386. The monoisotopic (exact) mass is 284 g/mol. The number of aromatic nitrogens is 1. The normalized spacial score (nSPS) is 10.7. The maximum atomic E-state index is 6.02. The summed E-state index contributed by atoms with van der Waals surface area (Å²) in [6, 6.07) is 15.3. The van der Waals surface area contributed by atoms with Crippen LogP contribution in [0.1, 0.15) is 5.56 Å². The van der Waals surface area contributed by atoms with Crippen LogP contribution in [0.4, 0.5) is 0 Å². The van der Waals surface area contributed by atoms with Gasteiger partial charge in [0.1, 0.15) is 5.75 Å². The predicted octanol–water partition coefficient (Wildman–Crippen LogP) is 4.14. The predicted molar refractivity (Wildman–Crippen MR) is 81.2 cm³/mol. The molecule has 0 aliphatic carbocycles. The molecule has 100 valence electrons. The summed E-state index contributed by atoms with van der Waals surface area (Å²) in [4.78, 5) is 4.30. The highest BCUT2D eigenvalue weighted by atomic mass is 35.5. The molecule has 3 rings (SSSR count). The smallest absolute Gasteiger partial charge is 0.227 e. The lowest BCUT2D eigenvalue weighted by Crippen LogP contribution is -2.00. The van der Waals surface area contributed by atoms with Crippen LogP contribution in [0, 0.1) is 0 Å². The van der Waals surface area contributed by atoms with Crippen molar-refractivity contribution < 1.29 is 4.74 Å². The molecule has 0 radical (unpaired) electrons. The second-order valence-electron chi connectivity index (χ2n) is 4.40. The van der Waals surface area contributed by atoms with Crippen LogP contribution >= 0.6 is 11.6 Å². The molecule has 2 N–H and O–H groups in total. The molecule has 20 heavy (non-hydrogen) atoms. The van der Waals surface area contributed by atoms with Crippen molar-refractivity contribution in [2.24, 2.45) is 5.73 Å². The van der Waals surface area contributed by atoms with Crippen molar-refractivity contribution in [3.63, 3.8) is 0 Å². The molecule has 0 unspecified atom stereocenters. The van der Waals surface area contributed by atoms with Gasteiger partial charge in [-0.1, -0.05) is 35.9 Å². The summed E-state index contributed by atoms with van der Waals surface area (Å²) in [5.74, 6) is 1.20. The number of rotatable bonds is 3. The summed E-state index contributed by atoms with van der Waals surface area (Å²) < 4.78 is 5.92. The summed E-state index contributed by atoms with van der Waals surface area (Å²) in [7, 11) is 0. The van der Waals surface area contributed by atoms with E-state index < -0.39 is 0 Å². The molecule has 0 atom stereocenters. The highest BCUT2D eigenvalue weighted by Crippen LogP contribution is 2.31. The van der Waals surface area contributed by atoms with Crippen LogP contribution in [-0.2, 0) is 6.54 Å². The minimum absolute atomic E-state index is 0.386. The Morgan fingerprint density at radius 2 is 1.95 bits per heavy atom. The van der Waals surface area contributed by atoms with Crippen LogP contribution in [0.25, 0.3) is 10.8 Å². The fourth-order valence-electron chi connectivity index (χ4n) is 2.07. The number of benzene rings is 2. The van der Waals surface area contributed by atoms with E-state index in [1.165, 1.54) is 0 Å². The fraction of sp³-hybridized carbons (Fsp3) is 0.0625. The standard InChI is InChI=1S/C16H13ClN2O/c17-13-6-5-12(10-18)15(9-13)20-16-14-4-2-1-3-11(14)7-8-19-16/h1-9H,10,18H2. The highest BCUT2D eigenvalue weighted by molar-refractivity contribution is 6.30. The third-order valence-corrected chi connectivity index (χ3v) is 3.33. The van der Waals surface area contributed by atoms with E-state index in [9.17, 15) is 0 Å². The molecule has 0 fully saturated rings. The van der Waals surface area contributed by atoms with E-state index in [-0.39, 0.29) is 0 Å². The van der Waals surface area contributed by atoms with Crippen molar-refractivity contribution in [2.45, 2.75) is 6.54 Å². The van der Waals surface area contributed by atoms with Gasteiger partial charge < -0.3 is 10.5 Å². The van der Waals surface area contributed by atoms with E-state index in [0.717, 1.165) is 16.3 Å². The fourth-order valence-corrected chi connectivity index (χ4v) is 2.23. The lowest BCUT2D eigenvalue weighted by molar-refractivity contribution is 0.463. The van der Waals surface area contributed by atoms with Crippen molar-refractivity contribution in [1.82, 2.24) is 4.98 Å². The zero-order valence-electron chi connectivity index (χ0n) is 10.7. The largest absolute Gasteiger partial charge is 0.438 e. The van der Waals surface area contributed by atoms with Crippen LogP contribution in [0.3, 0.4) is 0 Å². The first-order valence-electron chi connectivity index (χ1n) is 6.28. The van der Waals surface area contributed by atoms with Gasteiger partial charge >= 0.3 is 0 Å². The van der Waals surface area contributed by atoms with Gasteiger partial charge in [-0.25, -0.2) is 4.98 Å². The first-order chi connectivity index (χ1) is 9.78. The molecule has 1 heterocycles. The van der Waals surface area contributed by atoms with E-state index in [1.807, 2.05) is 36.4 Å². The van der Waals surface area contributed by atoms with Crippen LogP contribution in [0.2, 0.25) is 5.02 Å². The van der Waals surface area contributed by atoms with Gasteiger partial charge in [0, 0.05) is 28.7 Å². The minimum Gasteiger partial charge on any atom is -0.438 e. The molecule has 0 saturated carbocycles. The molecule has 0 saturated heterocycles. The van der Waals surface area contributed by atoms with E-state index >= 15 is 0 Å². The number of pyridine rings is 1. The van der Waals surface area contributed by atoms with Gasteiger partial charge in [-0.2, -0.15) is 0 Å². The van der Waals surface area contributed by atoms with E-state index in [4.69, 9.17) is 22.1 Å². The Hall–Kier alpha value is -2.10. The topological polar surface area (TPSA) is 48.1 Å². The third-order valence-electron chi connectivity index (χ3n) is 3.09. The van der Waals surface area contributed by atoms with Crippen molar-refractivity contribution in [3.8, 4) is 11.6 Å². The van der Waals surface area contributed by atoms with Gasteiger partial charge in [-0.15, -0.1) is 0 Å². The molecule has 0 spiro atoms. The van der Waals surface area contributed by atoms with Crippen LogP contribution in [-0.4, -0.2) is 4.98 Å². The number of nitrogens with two attached hydrogens (primary N) is 1. The Labute approximate surface area is 122 Å². The lowest BCUT2D eigenvalue weighted by atomic mass is 10.1. The van der Waals surface area contributed by atoms with Gasteiger partial charge in [-0.05, 0) is 29.7 Å². The average Bonchev–Trinajstić information content (AvgIpc) is 2.48. The molecule has 2 aromatic carbocycles. The van der Waals surface area contributed by atoms with E-state index in [1.54, 1.807) is 18.3 Å². The summed E-state index contributed by atoms with van der Waals surface area (Å²) in [5, 5.41) is 2.64. The molecule has 4 heteroatoms. The maximum Gasteiger partial charge on any atom is 0.227 e. The lowest BCUT2D eigenvalue weighted by Gasteiger charge is -2.11. The number of halogens is 1. The van der Waals surface area contributed by atoms with Crippen LogP contribution in [0.5, 0.6) is 11.6 Å². The van der Waals surface area contributed by atoms with Gasteiger partial charge in [0.05, 0.1) is 0 Å². The molecule has 0 aliphatic rings. The second kappa shape index (κ2) is 5.49. The maximum absolute atomic E-state index is 6.02. The summed E-state index contributed by atoms with van der Waals surface area (Å²) in [5.41, 5.74) is 6.62. The van der Waals surface area contributed by atoms with Crippen molar-refractivity contribution in [3.05, 3.63) is 65.3 Å². The zero-order chi connectivity index (χ0) is 13.9.